The second-order valence-electron chi connectivity index (χ2n) is 10.3. The summed E-state index contributed by atoms with van der Waals surface area (Å²) in [6.45, 7) is -4.44. The van der Waals surface area contributed by atoms with Gasteiger partial charge < -0.3 is 76.3 Å². The minimum Gasteiger partial charge on any atom is -0.394 e. The summed E-state index contributed by atoms with van der Waals surface area (Å²) in [5, 5.41) is 27.4. The SMILES string of the molecule is [2H]C1([2H])C[C@]([2H])([C@@H]2NC(=O)C(=CNC(N)=O)NC(=O)[C@H](CNC(=O)C[C@@H](N)CCCN)NC(=O)[C@H](CO)NC(=O)[C@@H](N)CNC2=O)NC(N)=N1. The molecule has 22 nitrogen and oxygen atoms in total. The Balaban J connectivity index is 2.55. The summed E-state index contributed by atoms with van der Waals surface area (Å²) >= 11 is 0. The van der Waals surface area contributed by atoms with Gasteiger partial charge in [-0.2, -0.15) is 0 Å². The number of hydrogen-bond acceptors (Lipinski definition) is 14. The first-order valence-corrected chi connectivity index (χ1v) is 14.3. The number of primary amides is 1. The number of aliphatic hydroxyl groups is 1. The van der Waals surface area contributed by atoms with E-state index in [9.17, 15) is 38.7 Å². The van der Waals surface area contributed by atoms with Crippen LogP contribution in [-0.2, 0) is 28.8 Å². The molecular weight excluding hydrogens is 624 g/mol. The van der Waals surface area contributed by atoms with Gasteiger partial charge in [-0.1, -0.05) is 0 Å². The maximum atomic E-state index is 13.6. The third kappa shape index (κ3) is 12.7. The van der Waals surface area contributed by atoms with Crippen molar-refractivity contribution < 1.29 is 42.8 Å². The van der Waals surface area contributed by atoms with Crippen LogP contribution in [0, 0.1) is 0 Å². The van der Waals surface area contributed by atoms with Gasteiger partial charge in [0.15, 0.2) is 5.96 Å². The third-order valence-electron chi connectivity index (χ3n) is 6.52. The number of aliphatic hydroxyl groups excluding tert-OH is 1. The van der Waals surface area contributed by atoms with Gasteiger partial charge in [-0.05, 0) is 25.8 Å². The average Bonchev–Trinajstić information content (AvgIpc) is 3.01. The Labute approximate surface area is 273 Å². The monoisotopic (exact) mass is 671 g/mol. The van der Waals surface area contributed by atoms with Crippen molar-refractivity contribution >= 4 is 47.4 Å². The predicted octanol–water partition coefficient (Wildman–Crippen LogP) is -8.23. The first-order chi connectivity index (χ1) is 23.3. The highest BCUT2D eigenvalue weighted by molar-refractivity contribution is 6.02. The largest absolute Gasteiger partial charge is 0.394 e. The molecular formula is C25H44N14O8. The van der Waals surface area contributed by atoms with Crippen LogP contribution in [0.2, 0.25) is 0 Å². The molecule has 22 heteroatoms. The van der Waals surface area contributed by atoms with Crippen LogP contribution in [-0.4, -0.2) is 122 Å². The number of guanidine groups is 1. The summed E-state index contributed by atoms with van der Waals surface area (Å²) in [6.07, 6.45) is 0.522. The molecule has 2 rings (SSSR count). The maximum absolute atomic E-state index is 13.6. The van der Waals surface area contributed by atoms with Crippen molar-refractivity contribution in [2.45, 2.75) is 61.9 Å². The number of nitrogens with one attached hydrogen (secondary N) is 8. The average molecular weight is 672 g/mol. The van der Waals surface area contributed by atoms with Crippen LogP contribution in [0.4, 0.5) is 4.79 Å². The number of nitrogens with two attached hydrogens (primary N) is 5. The molecule has 0 saturated carbocycles. The molecule has 2 aliphatic rings. The number of rotatable bonds is 10. The topological polar surface area (TPSA) is 378 Å². The number of nitrogens with zero attached hydrogens (tertiary/aromatic N) is 1. The number of carbonyl (C=O) groups excluding carboxylic acids is 7. The summed E-state index contributed by atoms with van der Waals surface area (Å²) in [7, 11) is 0. The van der Waals surface area contributed by atoms with Crippen molar-refractivity contribution in [2.75, 3.05) is 32.7 Å². The molecule has 1 saturated heterocycles. The maximum Gasteiger partial charge on any atom is 0.316 e. The number of amides is 8. The van der Waals surface area contributed by atoms with Crippen LogP contribution >= 0.6 is 0 Å². The van der Waals surface area contributed by atoms with E-state index in [1.54, 1.807) is 0 Å². The summed E-state index contributed by atoms with van der Waals surface area (Å²) in [5.41, 5.74) is 27.2. The first kappa shape index (κ1) is 33.3. The Kier molecular flexibility index (Phi) is 13.3. The van der Waals surface area contributed by atoms with E-state index in [2.05, 4.69) is 42.2 Å². The van der Waals surface area contributed by atoms with Crippen molar-refractivity contribution in [2.24, 2.45) is 33.7 Å². The molecule has 0 aliphatic carbocycles. The Morgan fingerprint density at radius 3 is 2.43 bits per heavy atom. The lowest BCUT2D eigenvalue weighted by Gasteiger charge is -2.31. The van der Waals surface area contributed by atoms with Gasteiger partial charge in [0.1, 0.15) is 29.9 Å². The predicted molar refractivity (Wildman–Crippen MR) is 165 cm³/mol. The highest BCUT2D eigenvalue weighted by Gasteiger charge is 2.35. The molecule has 8 amide bonds. The molecule has 0 spiro atoms. The lowest BCUT2D eigenvalue weighted by Crippen LogP contribution is -2.64. The normalized spacial score (nSPS) is 29.9. The van der Waals surface area contributed by atoms with Gasteiger partial charge in [0.2, 0.25) is 29.5 Å². The number of carbonyl (C=O) groups is 7. The first-order valence-electron chi connectivity index (χ1n) is 15.8. The molecule has 0 radical (unpaired) electrons. The second kappa shape index (κ2) is 18.8. The summed E-state index contributed by atoms with van der Waals surface area (Å²) in [5.74, 6) is -7.19. The smallest absolute Gasteiger partial charge is 0.316 e. The van der Waals surface area contributed by atoms with E-state index in [0.717, 1.165) is 0 Å². The van der Waals surface area contributed by atoms with E-state index in [1.165, 1.54) is 0 Å². The molecule has 1 fully saturated rings. The van der Waals surface area contributed by atoms with Gasteiger partial charge in [0.05, 0.1) is 16.7 Å². The summed E-state index contributed by atoms with van der Waals surface area (Å²) in [4.78, 5) is 94.0. The number of urea groups is 1. The zero-order chi connectivity index (χ0) is 37.8. The van der Waals surface area contributed by atoms with Crippen LogP contribution in [0.5, 0.6) is 0 Å². The quantitative estimate of drug-likeness (QED) is 0.0961. The molecule has 19 N–H and O–H groups in total. The van der Waals surface area contributed by atoms with Gasteiger partial charge in [-0.25, -0.2) is 4.79 Å². The van der Waals surface area contributed by atoms with Gasteiger partial charge in [-0.15, -0.1) is 0 Å². The van der Waals surface area contributed by atoms with Gasteiger partial charge in [0.25, 0.3) is 5.91 Å². The fourth-order valence-electron chi connectivity index (χ4n) is 4.03. The standard InChI is InChI=1S/C25H44N14O8/c26-4-1-2-11(27)6-17(41)32-8-14-20(43)35-15(9-34-25(30)47)21(44)39-18(13-3-5-31-24(29)38-13)23(46)33-7-12(28)19(42)37-16(10-40)22(45)36-14/h9,11-14,16,18,40H,1-8,10,26-28H2,(H,32,41)(H,33,46)(H,35,43)(H,36,45)(H,37,42)(H,39,44)(H3,29,31,38)(H3,30,34,47)/t11-,12-,13+,14-,16-,18-/m0/s1/i5D2,13D. The Morgan fingerprint density at radius 1 is 1.09 bits per heavy atom. The molecule has 2 heterocycles. The Hall–Kier alpha value is -5.06. The fourth-order valence-corrected chi connectivity index (χ4v) is 4.03. The van der Waals surface area contributed by atoms with E-state index in [4.69, 9.17) is 32.8 Å². The van der Waals surface area contributed by atoms with Crippen molar-refractivity contribution in [3.05, 3.63) is 11.9 Å². The summed E-state index contributed by atoms with van der Waals surface area (Å²) in [6, 6.07) is -11.3. The molecule has 0 aromatic heterocycles. The summed E-state index contributed by atoms with van der Waals surface area (Å²) < 4.78 is 24.9. The lowest BCUT2D eigenvalue weighted by molar-refractivity contribution is -0.134. The third-order valence-corrected chi connectivity index (χ3v) is 6.52. The Bertz CT molecular complexity index is 1380. The molecule has 47 heavy (non-hydrogen) atoms. The van der Waals surface area contributed by atoms with Crippen LogP contribution < -0.4 is 71.2 Å². The minimum atomic E-state index is -2.50. The minimum absolute atomic E-state index is 0.189. The van der Waals surface area contributed by atoms with Crippen molar-refractivity contribution in [1.82, 2.24) is 42.5 Å². The number of aliphatic imine (C=N–C) groups is 1. The second-order valence-corrected chi connectivity index (χ2v) is 10.3. The zero-order valence-electron chi connectivity index (χ0n) is 28.3. The zero-order valence-corrected chi connectivity index (χ0v) is 25.3. The van der Waals surface area contributed by atoms with Crippen molar-refractivity contribution in [3.63, 3.8) is 0 Å². The van der Waals surface area contributed by atoms with Crippen LogP contribution in [0.3, 0.4) is 0 Å². The van der Waals surface area contributed by atoms with Crippen LogP contribution in [0.25, 0.3) is 0 Å². The molecule has 0 aromatic rings. The fraction of sp³-hybridized carbons (Fsp3) is 0.600. The molecule has 6 atom stereocenters. The molecule has 0 bridgehead atoms. The van der Waals surface area contributed by atoms with Gasteiger partial charge in [0, 0.05) is 38.2 Å². The Morgan fingerprint density at radius 2 is 1.79 bits per heavy atom. The molecule has 262 valence electrons. The lowest BCUT2D eigenvalue weighted by atomic mass is 10.0. The molecule has 0 aromatic carbocycles. The van der Waals surface area contributed by atoms with E-state index in [0.29, 0.717) is 25.6 Å². The van der Waals surface area contributed by atoms with Crippen molar-refractivity contribution in [3.8, 4) is 0 Å². The van der Waals surface area contributed by atoms with E-state index in [-0.39, 0.29) is 6.42 Å². The van der Waals surface area contributed by atoms with E-state index < -0.39 is 122 Å². The van der Waals surface area contributed by atoms with Crippen LogP contribution in [0.1, 0.15) is 29.8 Å². The highest BCUT2D eigenvalue weighted by atomic mass is 16.3. The van der Waals surface area contributed by atoms with E-state index in [1.807, 2.05) is 5.32 Å². The highest BCUT2D eigenvalue weighted by Crippen LogP contribution is 2.07. The number of hydrogen-bond donors (Lipinski definition) is 14. The molecule has 2 aliphatic heterocycles. The van der Waals surface area contributed by atoms with Gasteiger partial charge in [-0.3, -0.25) is 33.8 Å². The van der Waals surface area contributed by atoms with Crippen LogP contribution in [0.15, 0.2) is 16.9 Å². The van der Waals surface area contributed by atoms with E-state index >= 15 is 0 Å². The van der Waals surface area contributed by atoms with Gasteiger partial charge >= 0.3 is 6.03 Å². The molecule has 0 unspecified atom stereocenters. The van der Waals surface area contributed by atoms with Crippen molar-refractivity contribution in [1.29, 1.82) is 0 Å².